The standard InChI is InChI=1S/C13H25NO3/c1-4-6-13(11(15)16)7-5-9-14(13)10-8-12(2,3)17/h17H,4-10H2,1-3H3,(H,15,16). The van der Waals surface area contributed by atoms with E-state index in [2.05, 4.69) is 4.90 Å². The molecule has 17 heavy (non-hydrogen) atoms. The zero-order valence-electron chi connectivity index (χ0n) is 11.2. The summed E-state index contributed by atoms with van der Waals surface area (Å²) >= 11 is 0. The first-order chi connectivity index (χ1) is 7.82. The Hall–Kier alpha value is -0.610. The minimum atomic E-state index is -0.723. The van der Waals surface area contributed by atoms with Crippen molar-refractivity contribution in [1.29, 1.82) is 0 Å². The normalized spacial score (nSPS) is 26.4. The number of hydrogen-bond donors (Lipinski definition) is 2. The van der Waals surface area contributed by atoms with E-state index in [1.807, 2.05) is 6.92 Å². The summed E-state index contributed by atoms with van der Waals surface area (Å²) < 4.78 is 0. The van der Waals surface area contributed by atoms with E-state index < -0.39 is 17.1 Å². The third-order valence-electron chi connectivity index (χ3n) is 3.68. The van der Waals surface area contributed by atoms with Gasteiger partial charge in [0.25, 0.3) is 0 Å². The number of aliphatic hydroxyl groups is 1. The molecule has 4 heteroatoms. The van der Waals surface area contributed by atoms with Crippen LogP contribution in [0.4, 0.5) is 0 Å². The van der Waals surface area contributed by atoms with Crippen LogP contribution in [0.5, 0.6) is 0 Å². The molecule has 0 amide bonds. The van der Waals surface area contributed by atoms with Crippen LogP contribution >= 0.6 is 0 Å². The van der Waals surface area contributed by atoms with Crippen molar-refractivity contribution in [3.05, 3.63) is 0 Å². The fraction of sp³-hybridized carbons (Fsp3) is 0.923. The van der Waals surface area contributed by atoms with Gasteiger partial charge in [-0.25, -0.2) is 0 Å². The van der Waals surface area contributed by atoms with Crippen molar-refractivity contribution < 1.29 is 15.0 Å². The van der Waals surface area contributed by atoms with Crippen molar-refractivity contribution in [3.63, 3.8) is 0 Å². The average Bonchev–Trinajstić information content (AvgIpc) is 2.59. The molecule has 1 aliphatic rings. The number of carboxylic acid groups (broad SMARTS) is 1. The lowest BCUT2D eigenvalue weighted by Crippen LogP contribution is -2.51. The summed E-state index contributed by atoms with van der Waals surface area (Å²) in [5.74, 6) is -0.701. The van der Waals surface area contributed by atoms with Crippen LogP contribution in [0.2, 0.25) is 0 Å². The summed E-state index contributed by atoms with van der Waals surface area (Å²) in [4.78, 5) is 13.6. The van der Waals surface area contributed by atoms with E-state index >= 15 is 0 Å². The molecule has 0 saturated carbocycles. The van der Waals surface area contributed by atoms with Crippen molar-refractivity contribution in [2.45, 2.75) is 64.0 Å². The zero-order valence-corrected chi connectivity index (χ0v) is 11.2. The number of rotatable bonds is 6. The number of carboxylic acids is 1. The molecule has 1 heterocycles. The van der Waals surface area contributed by atoms with Gasteiger partial charge in [-0.1, -0.05) is 13.3 Å². The van der Waals surface area contributed by atoms with Crippen LogP contribution in [0.25, 0.3) is 0 Å². The maximum atomic E-state index is 11.5. The molecule has 1 rings (SSSR count). The molecular formula is C13H25NO3. The topological polar surface area (TPSA) is 60.8 Å². The number of aliphatic carboxylic acids is 1. The summed E-state index contributed by atoms with van der Waals surface area (Å²) in [6.07, 6.45) is 3.88. The van der Waals surface area contributed by atoms with Gasteiger partial charge in [0.2, 0.25) is 0 Å². The molecule has 0 aromatic rings. The molecule has 4 nitrogen and oxygen atoms in total. The van der Waals surface area contributed by atoms with Gasteiger partial charge >= 0.3 is 5.97 Å². The van der Waals surface area contributed by atoms with Crippen LogP contribution in [0.3, 0.4) is 0 Å². The first-order valence-electron chi connectivity index (χ1n) is 6.53. The molecule has 0 aliphatic carbocycles. The van der Waals surface area contributed by atoms with Crippen LogP contribution < -0.4 is 0 Å². The average molecular weight is 243 g/mol. The molecule has 100 valence electrons. The molecule has 2 N–H and O–H groups in total. The van der Waals surface area contributed by atoms with Crippen molar-refractivity contribution in [1.82, 2.24) is 4.90 Å². The Morgan fingerprint density at radius 3 is 2.59 bits per heavy atom. The van der Waals surface area contributed by atoms with Crippen molar-refractivity contribution >= 4 is 5.97 Å². The summed E-state index contributed by atoms with van der Waals surface area (Å²) in [6.45, 7) is 7.06. The second-order valence-electron chi connectivity index (χ2n) is 5.74. The summed E-state index contributed by atoms with van der Waals surface area (Å²) in [6, 6.07) is 0. The molecule has 1 atom stereocenters. The number of carbonyl (C=O) groups is 1. The van der Waals surface area contributed by atoms with E-state index in [1.165, 1.54) is 0 Å². The van der Waals surface area contributed by atoms with Gasteiger partial charge < -0.3 is 10.2 Å². The van der Waals surface area contributed by atoms with E-state index in [4.69, 9.17) is 0 Å². The number of likely N-dealkylation sites (tertiary alicyclic amines) is 1. The fourth-order valence-corrected chi connectivity index (χ4v) is 2.71. The van der Waals surface area contributed by atoms with Crippen LogP contribution in [0, 0.1) is 0 Å². The molecular weight excluding hydrogens is 218 g/mol. The highest BCUT2D eigenvalue weighted by molar-refractivity contribution is 5.79. The highest BCUT2D eigenvalue weighted by Crippen LogP contribution is 2.34. The Morgan fingerprint density at radius 2 is 2.12 bits per heavy atom. The van der Waals surface area contributed by atoms with E-state index in [1.54, 1.807) is 13.8 Å². The van der Waals surface area contributed by atoms with Crippen LogP contribution in [0.15, 0.2) is 0 Å². The molecule has 0 bridgehead atoms. The molecule has 0 spiro atoms. The second kappa shape index (κ2) is 5.36. The van der Waals surface area contributed by atoms with E-state index in [0.717, 1.165) is 25.8 Å². The minimum Gasteiger partial charge on any atom is -0.480 e. The highest BCUT2D eigenvalue weighted by Gasteiger charge is 2.46. The molecule has 1 unspecified atom stereocenters. The first kappa shape index (κ1) is 14.5. The van der Waals surface area contributed by atoms with Crippen LogP contribution in [-0.2, 0) is 4.79 Å². The van der Waals surface area contributed by atoms with Gasteiger partial charge in [-0.2, -0.15) is 0 Å². The van der Waals surface area contributed by atoms with Gasteiger partial charge in [0.05, 0.1) is 5.60 Å². The summed E-state index contributed by atoms with van der Waals surface area (Å²) in [7, 11) is 0. The fourth-order valence-electron chi connectivity index (χ4n) is 2.71. The predicted octanol–water partition coefficient (Wildman–Crippen LogP) is 1.87. The highest BCUT2D eigenvalue weighted by atomic mass is 16.4. The number of hydrogen-bond acceptors (Lipinski definition) is 3. The quantitative estimate of drug-likeness (QED) is 0.747. The van der Waals surface area contributed by atoms with Gasteiger partial charge in [0.15, 0.2) is 0 Å². The minimum absolute atomic E-state index is 0.617. The number of nitrogens with zero attached hydrogens (tertiary/aromatic N) is 1. The van der Waals surface area contributed by atoms with Crippen molar-refractivity contribution in [3.8, 4) is 0 Å². The van der Waals surface area contributed by atoms with Gasteiger partial charge in [0, 0.05) is 6.54 Å². The molecule has 0 aromatic heterocycles. The third kappa shape index (κ3) is 3.42. The van der Waals surface area contributed by atoms with Crippen molar-refractivity contribution in [2.24, 2.45) is 0 Å². The molecule has 1 aliphatic heterocycles. The predicted molar refractivity (Wildman–Crippen MR) is 67.0 cm³/mol. The molecule has 0 radical (unpaired) electrons. The summed E-state index contributed by atoms with van der Waals surface area (Å²) in [5, 5.41) is 19.2. The van der Waals surface area contributed by atoms with Crippen LogP contribution in [0.1, 0.15) is 52.9 Å². The largest absolute Gasteiger partial charge is 0.480 e. The Bertz CT molecular complexity index is 272. The van der Waals surface area contributed by atoms with E-state index in [-0.39, 0.29) is 0 Å². The second-order valence-corrected chi connectivity index (χ2v) is 5.74. The SMILES string of the molecule is CCCC1(C(=O)O)CCCN1CCC(C)(C)O. The van der Waals surface area contributed by atoms with Crippen LogP contribution in [-0.4, -0.2) is 45.3 Å². The Labute approximate surface area is 104 Å². The van der Waals surface area contributed by atoms with E-state index in [0.29, 0.717) is 19.4 Å². The lowest BCUT2D eigenvalue weighted by molar-refractivity contribution is -0.150. The monoisotopic (exact) mass is 243 g/mol. The Morgan fingerprint density at radius 1 is 1.47 bits per heavy atom. The summed E-state index contributed by atoms with van der Waals surface area (Å²) in [5.41, 5.74) is -1.40. The molecule has 1 fully saturated rings. The molecule has 1 saturated heterocycles. The van der Waals surface area contributed by atoms with Gasteiger partial charge in [-0.3, -0.25) is 9.69 Å². The van der Waals surface area contributed by atoms with Gasteiger partial charge in [0.1, 0.15) is 5.54 Å². The van der Waals surface area contributed by atoms with Crippen molar-refractivity contribution in [2.75, 3.05) is 13.1 Å². The first-order valence-corrected chi connectivity index (χ1v) is 6.53. The van der Waals surface area contributed by atoms with E-state index in [9.17, 15) is 15.0 Å². The lowest BCUT2D eigenvalue weighted by Gasteiger charge is -2.36. The smallest absolute Gasteiger partial charge is 0.324 e. The maximum Gasteiger partial charge on any atom is 0.324 e. The lowest BCUT2D eigenvalue weighted by atomic mass is 9.90. The maximum absolute atomic E-state index is 11.5. The Kier molecular flexibility index (Phi) is 4.55. The zero-order chi connectivity index (χ0) is 13.1. The molecule has 0 aromatic carbocycles. The Balaban J connectivity index is 2.72. The van der Waals surface area contributed by atoms with Gasteiger partial charge in [-0.05, 0) is 46.1 Å². The third-order valence-corrected chi connectivity index (χ3v) is 3.68. The van der Waals surface area contributed by atoms with Gasteiger partial charge in [-0.15, -0.1) is 0 Å².